The number of methoxy groups -OCH3 is 1. The smallest absolute Gasteiger partial charge is 0.325 e. The Balaban J connectivity index is 2.06. The minimum absolute atomic E-state index is 0.365. The van der Waals surface area contributed by atoms with Crippen LogP contribution in [0, 0.1) is 11.3 Å². The summed E-state index contributed by atoms with van der Waals surface area (Å²) in [5.74, 6) is 0.248. The van der Waals surface area contributed by atoms with E-state index in [9.17, 15) is 9.90 Å². The van der Waals surface area contributed by atoms with Crippen molar-refractivity contribution in [2.75, 3.05) is 13.7 Å². The summed E-state index contributed by atoms with van der Waals surface area (Å²) >= 11 is 0. The first-order valence-corrected chi connectivity index (χ1v) is 8.33. The maximum Gasteiger partial charge on any atom is 0.325 e. The quantitative estimate of drug-likeness (QED) is 0.636. The molecule has 0 aliphatic heterocycles. The zero-order valence-electron chi connectivity index (χ0n) is 14.6. The molecule has 0 fully saturated rings. The molecule has 0 aliphatic rings. The number of rotatable bonds is 10. The average Bonchev–Trinajstić information content (AvgIpc) is 2.66. The Morgan fingerprint density at radius 1 is 1.23 bits per heavy atom. The van der Waals surface area contributed by atoms with Crippen molar-refractivity contribution in [1.29, 1.82) is 5.26 Å². The van der Waals surface area contributed by atoms with E-state index in [0.29, 0.717) is 43.1 Å². The van der Waals surface area contributed by atoms with E-state index in [2.05, 4.69) is 11.4 Å². The fourth-order valence-corrected chi connectivity index (χ4v) is 2.49. The number of aliphatic carboxylic acids is 1. The van der Waals surface area contributed by atoms with Crippen molar-refractivity contribution >= 4 is 5.97 Å². The van der Waals surface area contributed by atoms with Crippen molar-refractivity contribution in [3.8, 4) is 17.6 Å². The van der Waals surface area contributed by atoms with Gasteiger partial charge in [-0.3, -0.25) is 10.1 Å². The number of carboxylic acid groups (broad SMARTS) is 1. The summed E-state index contributed by atoms with van der Waals surface area (Å²) in [5, 5.41) is 21.1. The number of benzene rings is 2. The molecule has 0 aromatic heterocycles. The van der Waals surface area contributed by atoms with Crippen molar-refractivity contribution in [2.24, 2.45) is 0 Å². The van der Waals surface area contributed by atoms with Crippen LogP contribution in [0.1, 0.15) is 30.0 Å². The molecule has 0 radical (unpaired) electrons. The Labute approximate surface area is 153 Å². The van der Waals surface area contributed by atoms with Crippen LogP contribution in [0.15, 0.2) is 48.5 Å². The molecule has 0 spiro atoms. The largest absolute Gasteiger partial charge is 0.493 e. The number of nitriles is 1. The zero-order chi connectivity index (χ0) is 18.8. The van der Waals surface area contributed by atoms with E-state index in [-0.39, 0.29) is 0 Å². The Morgan fingerprint density at radius 2 is 2.00 bits per heavy atom. The molecule has 0 unspecified atom stereocenters. The van der Waals surface area contributed by atoms with E-state index in [1.54, 1.807) is 25.3 Å². The van der Waals surface area contributed by atoms with Gasteiger partial charge in [0.25, 0.3) is 0 Å². The fourth-order valence-electron chi connectivity index (χ4n) is 2.49. The van der Waals surface area contributed by atoms with E-state index >= 15 is 0 Å². The van der Waals surface area contributed by atoms with Crippen molar-refractivity contribution in [3.63, 3.8) is 0 Å². The normalized spacial score (nSPS) is 11.4. The third-order valence-electron chi connectivity index (χ3n) is 3.81. The van der Waals surface area contributed by atoms with Crippen LogP contribution in [0.25, 0.3) is 0 Å². The van der Waals surface area contributed by atoms with Gasteiger partial charge in [-0.15, -0.1) is 0 Å². The second-order valence-electron chi connectivity index (χ2n) is 5.66. The first-order valence-electron chi connectivity index (χ1n) is 8.33. The van der Waals surface area contributed by atoms with Gasteiger partial charge < -0.3 is 14.6 Å². The standard InChI is InChI=1S/C20H22N2O4/c1-25-17-10-9-15(13-18(17)26-12-6-5-11-21)14-22-19(20(23)24)16-7-3-2-4-8-16/h2-4,7-10,13,19,22H,5-6,12,14H2,1H3,(H,23,24)/t19-/m0/s1. The number of hydrogen-bond donors (Lipinski definition) is 2. The van der Waals surface area contributed by atoms with Crippen molar-refractivity contribution in [3.05, 3.63) is 59.7 Å². The van der Waals surface area contributed by atoms with Crippen LogP contribution < -0.4 is 14.8 Å². The van der Waals surface area contributed by atoms with Gasteiger partial charge in [0, 0.05) is 13.0 Å². The molecule has 6 heteroatoms. The molecule has 26 heavy (non-hydrogen) atoms. The van der Waals surface area contributed by atoms with Gasteiger partial charge in [0.2, 0.25) is 0 Å². The van der Waals surface area contributed by atoms with Crippen LogP contribution >= 0.6 is 0 Å². The predicted molar refractivity (Wildman–Crippen MR) is 97.0 cm³/mol. The Kier molecular flexibility index (Phi) is 7.47. The van der Waals surface area contributed by atoms with Gasteiger partial charge in [-0.05, 0) is 29.7 Å². The molecule has 0 saturated heterocycles. The third kappa shape index (κ3) is 5.50. The lowest BCUT2D eigenvalue weighted by Gasteiger charge is -2.16. The van der Waals surface area contributed by atoms with Crippen LogP contribution in [-0.2, 0) is 11.3 Å². The predicted octanol–water partition coefficient (Wildman–Crippen LogP) is 3.29. The number of unbranched alkanes of at least 4 members (excludes halogenated alkanes) is 1. The summed E-state index contributed by atoms with van der Waals surface area (Å²) < 4.78 is 11.0. The first-order chi connectivity index (χ1) is 12.7. The number of carboxylic acids is 1. The van der Waals surface area contributed by atoms with Gasteiger partial charge in [-0.2, -0.15) is 5.26 Å². The maximum absolute atomic E-state index is 11.6. The molecule has 1 atom stereocenters. The molecule has 6 nitrogen and oxygen atoms in total. The van der Waals surface area contributed by atoms with E-state index in [4.69, 9.17) is 14.7 Å². The SMILES string of the molecule is COc1ccc(CN[C@H](C(=O)O)c2ccccc2)cc1OCCCC#N. The van der Waals surface area contributed by atoms with Gasteiger partial charge in [0.15, 0.2) is 11.5 Å². The van der Waals surface area contributed by atoms with Crippen LogP contribution in [0.4, 0.5) is 0 Å². The summed E-state index contributed by atoms with van der Waals surface area (Å²) in [6.45, 7) is 0.785. The minimum atomic E-state index is -0.933. The lowest BCUT2D eigenvalue weighted by molar-refractivity contribution is -0.139. The third-order valence-corrected chi connectivity index (χ3v) is 3.81. The second-order valence-corrected chi connectivity index (χ2v) is 5.66. The van der Waals surface area contributed by atoms with Crippen molar-refractivity contribution in [1.82, 2.24) is 5.32 Å². The first kappa shape index (κ1) is 19.3. The molecule has 2 rings (SSSR count). The molecule has 0 saturated carbocycles. The molecule has 0 bridgehead atoms. The summed E-state index contributed by atoms with van der Waals surface area (Å²) in [5.41, 5.74) is 1.57. The zero-order valence-corrected chi connectivity index (χ0v) is 14.6. The maximum atomic E-state index is 11.6. The van der Waals surface area contributed by atoms with Crippen molar-refractivity contribution < 1.29 is 19.4 Å². The highest BCUT2D eigenvalue weighted by Crippen LogP contribution is 2.28. The lowest BCUT2D eigenvalue weighted by atomic mass is 10.1. The average molecular weight is 354 g/mol. The highest BCUT2D eigenvalue weighted by Gasteiger charge is 2.19. The Morgan fingerprint density at radius 3 is 2.65 bits per heavy atom. The van der Waals surface area contributed by atoms with E-state index in [1.165, 1.54) is 0 Å². The van der Waals surface area contributed by atoms with E-state index in [1.807, 2.05) is 30.3 Å². The number of hydrogen-bond acceptors (Lipinski definition) is 5. The number of carbonyl (C=O) groups is 1. The molecule has 0 amide bonds. The fraction of sp³-hybridized carbons (Fsp3) is 0.300. The molecule has 0 aliphatic carbocycles. The highest BCUT2D eigenvalue weighted by molar-refractivity contribution is 5.75. The molecule has 0 heterocycles. The molecule has 2 aromatic rings. The van der Waals surface area contributed by atoms with E-state index < -0.39 is 12.0 Å². The summed E-state index contributed by atoms with van der Waals surface area (Å²) in [4.78, 5) is 11.6. The number of ether oxygens (including phenoxy) is 2. The Hall–Kier alpha value is -3.04. The van der Waals surface area contributed by atoms with Gasteiger partial charge in [-0.25, -0.2) is 0 Å². The van der Waals surface area contributed by atoms with Crippen LogP contribution in [0.5, 0.6) is 11.5 Å². The van der Waals surface area contributed by atoms with Gasteiger partial charge in [0.1, 0.15) is 6.04 Å². The number of nitrogens with one attached hydrogen (secondary N) is 1. The minimum Gasteiger partial charge on any atom is -0.493 e. The van der Waals surface area contributed by atoms with Gasteiger partial charge >= 0.3 is 5.97 Å². The van der Waals surface area contributed by atoms with Crippen molar-refractivity contribution in [2.45, 2.75) is 25.4 Å². The molecule has 136 valence electrons. The topological polar surface area (TPSA) is 91.6 Å². The lowest BCUT2D eigenvalue weighted by Crippen LogP contribution is -2.28. The molecular weight excluding hydrogens is 332 g/mol. The summed E-state index contributed by atoms with van der Waals surface area (Å²) in [6.07, 6.45) is 1.07. The number of nitrogens with zero attached hydrogens (tertiary/aromatic N) is 1. The van der Waals surface area contributed by atoms with Gasteiger partial charge in [-0.1, -0.05) is 36.4 Å². The monoisotopic (exact) mass is 354 g/mol. The summed E-state index contributed by atoms with van der Waals surface area (Å²) in [7, 11) is 1.56. The van der Waals surface area contributed by atoms with Crippen LogP contribution in [0.3, 0.4) is 0 Å². The van der Waals surface area contributed by atoms with E-state index in [0.717, 1.165) is 5.56 Å². The summed E-state index contributed by atoms with van der Waals surface area (Å²) in [6, 6.07) is 15.8. The van der Waals surface area contributed by atoms with Gasteiger partial charge in [0.05, 0.1) is 19.8 Å². The second kappa shape index (κ2) is 10.1. The Bertz CT molecular complexity index is 756. The molecule has 2 aromatic carbocycles. The van der Waals surface area contributed by atoms with Crippen LogP contribution in [-0.4, -0.2) is 24.8 Å². The van der Waals surface area contributed by atoms with Crippen LogP contribution in [0.2, 0.25) is 0 Å². The highest BCUT2D eigenvalue weighted by atomic mass is 16.5. The molecular formula is C20H22N2O4. The molecule has 2 N–H and O–H groups in total.